The van der Waals surface area contributed by atoms with Gasteiger partial charge in [-0.15, -0.1) is 0 Å². The summed E-state index contributed by atoms with van der Waals surface area (Å²) in [5.41, 5.74) is 0.220. The van der Waals surface area contributed by atoms with Gasteiger partial charge in [0.25, 0.3) is 5.91 Å². The van der Waals surface area contributed by atoms with Crippen LogP contribution in [0.3, 0.4) is 0 Å². The molecule has 1 aromatic rings. The molecular weight excluding hydrogens is 342 g/mol. The Morgan fingerprint density at radius 1 is 1.28 bits per heavy atom. The highest BCUT2D eigenvalue weighted by molar-refractivity contribution is 7.89. The number of hydrogen-bond donors (Lipinski definition) is 1. The molecule has 1 aliphatic rings. The van der Waals surface area contributed by atoms with Gasteiger partial charge in [0.05, 0.1) is 11.4 Å². The first-order valence-electron chi connectivity index (χ1n) is 8.33. The maximum Gasteiger partial charge on any atom is 0.251 e. The van der Waals surface area contributed by atoms with Crippen LogP contribution in [-0.2, 0) is 14.8 Å². The number of piperidine rings is 1. The van der Waals surface area contributed by atoms with E-state index in [0.29, 0.717) is 6.54 Å². The minimum Gasteiger partial charge on any atom is -0.347 e. The quantitative estimate of drug-likeness (QED) is 0.843. The lowest BCUT2D eigenvalue weighted by Crippen LogP contribution is -2.42. The summed E-state index contributed by atoms with van der Waals surface area (Å²) in [5, 5.41) is 2.51. The number of benzene rings is 1. The van der Waals surface area contributed by atoms with E-state index in [0.717, 1.165) is 19.3 Å². The van der Waals surface area contributed by atoms with E-state index in [1.165, 1.54) is 27.4 Å². The van der Waals surface area contributed by atoms with E-state index < -0.39 is 15.9 Å². The summed E-state index contributed by atoms with van der Waals surface area (Å²) < 4.78 is 27.2. The highest BCUT2D eigenvalue weighted by atomic mass is 32.2. The van der Waals surface area contributed by atoms with Crippen LogP contribution >= 0.6 is 0 Å². The van der Waals surface area contributed by atoms with Crippen molar-refractivity contribution in [2.45, 2.75) is 37.1 Å². The number of nitrogens with one attached hydrogen (secondary N) is 1. The SMILES string of the molecule is C[C@H]1CCCCN1S(=O)(=O)c1cccc(C(=O)NCC(=O)N(C)C)c1. The largest absolute Gasteiger partial charge is 0.347 e. The van der Waals surface area contributed by atoms with Gasteiger partial charge in [-0.1, -0.05) is 12.5 Å². The van der Waals surface area contributed by atoms with E-state index in [2.05, 4.69) is 5.32 Å². The van der Waals surface area contributed by atoms with Crippen molar-refractivity contribution < 1.29 is 18.0 Å². The first-order chi connectivity index (χ1) is 11.7. The monoisotopic (exact) mass is 367 g/mol. The van der Waals surface area contributed by atoms with Crippen molar-refractivity contribution in [3.8, 4) is 0 Å². The van der Waals surface area contributed by atoms with Gasteiger partial charge in [0, 0.05) is 32.2 Å². The molecule has 0 spiro atoms. The number of likely N-dealkylation sites (N-methyl/N-ethyl adjacent to an activating group) is 1. The summed E-state index contributed by atoms with van der Waals surface area (Å²) in [6, 6.07) is 5.90. The molecule has 1 N–H and O–H groups in total. The van der Waals surface area contributed by atoms with Gasteiger partial charge in [0.15, 0.2) is 0 Å². The zero-order valence-corrected chi connectivity index (χ0v) is 15.7. The van der Waals surface area contributed by atoms with E-state index in [1.54, 1.807) is 20.2 Å². The molecule has 0 radical (unpaired) electrons. The average molecular weight is 367 g/mol. The Morgan fingerprint density at radius 3 is 2.64 bits per heavy atom. The molecular formula is C17H25N3O4S. The summed E-state index contributed by atoms with van der Waals surface area (Å²) in [6.45, 7) is 2.27. The Labute approximate surface area is 149 Å². The molecule has 0 unspecified atom stereocenters. The van der Waals surface area contributed by atoms with Crippen LogP contribution in [0.1, 0.15) is 36.5 Å². The topological polar surface area (TPSA) is 86.8 Å². The normalized spacial score (nSPS) is 18.6. The molecule has 0 bridgehead atoms. The van der Waals surface area contributed by atoms with Crippen LogP contribution in [-0.4, -0.2) is 62.7 Å². The third-order valence-corrected chi connectivity index (χ3v) is 6.35. The van der Waals surface area contributed by atoms with Gasteiger partial charge < -0.3 is 10.2 Å². The lowest BCUT2D eigenvalue weighted by Gasteiger charge is -2.32. The van der Waals surface area contributed by atoms with Gasteiger partial charge in [0.2, 0.25) is 15.9 Å². The van der Waals surface area contributed by atoms with Crippen molar-refractivity contribution >= 4 is 21.8 Å². The number of carbonyl (C=O) groups is 2. The van der Waals surface area contributed by atoms with Crippen LogP contribution in [0.25, 0.3) is 0 Å². The molecule has 0 saturated carbocycles. The predicted molar refractivity (Wildman–Crippen MR) is 94.7 cm³/mol. The van der Waals surface area contributed by atoms with Crippen LogP contribution < -0.4 is 5.32 Å². The third kappa shape index (κ3) is 4.58. The van der Waals surface area contributed by atoms with Crippen molar-refractivity contribution in [2.24, 2.45) is 0 Å². The number of sulfonamides is 1. The fourth-order valence-corrected chi connectivity index (χ4v) is 4.52. The molecule has 1 heterocycles. The van der Waals surface area contributed by atoms with Gasteiger partial charge >= 0.3 is 0 Å². The van der Waals surface area contributed by atoms with E-state index in [9.17, 15) is 18.0 Å². The maximum absolute atomic E-state index is 12.9. The van der Waals surface area contributed by atoms with Crippen LogP contribution in [0, 0.1) is 0 Å². The number of rotatable bonds is 5. The van der Waals surface area contributed by atoms with Crippen molar-refractivity contribution in [1.82, 2.24) is 14.5 Å². The molecule has 1 saturated heterocycles. The van der Waals surface area contributed by atoms with Gasteiger partial charge in [0.1, 0.15) is 0 Å². The molecule has 0 aliphatic carbocycles. The van der Waals surface area contributed by atoms with Crippen LogP contribution in [0.15, 0.2) is 29.2 Å². The van der Waals surface area contributed by atoms with E-state index in [-0.39, 0.29) is 29.0 Å². The molecule has 1 atom stereocenters. The molecule has 7 nitrogen and oxygen atoms in total. The zero-order valence-electron chi connectivity index (χ0n) is 14.9. The summed E-state index contributed by atoms with van der Waals surface area (Å²) in [6.07, 6.45) is 2.71. The second-order valence-electron chi connectivity index (χ2n) is 6.46. The minimum atomic E-state index is -3.63. The van der Waals surface area contributed by atoms with E-state index >= 15 is 0 Å². The van der Waals surface area contributed by atoms with E-state index in [4.69, 9.17) is 0 Å². The molecule has 0 aromatic heterocycles. The first kappa shape index (κ1) is 19.4. The van der Waals surface area contributed by atoms with Gasteiger partial charge in [-0.25, -0.2) is 8.42 Å². The van der Waals surface area contributed by atoms with Crippen LogP contribution in [0.4, 0.5) is 0 Å². The lowest BCUT2D eigenvalue weighted by molar-refractivity contribution is -0.127. The standard InChI is InChI=1S/C17H25N3O4S/c1-13-7-4-5-10-20(13)25(23,24)15-9-6-8-14(11-15)17(22)18-12-16(21)19(2)3/h6,8-9,11,13H,4-5,7,10,12H2,1-3H3,(H,18,22)/t13-/m0/s1. The van der Waals surface area contributed by atoms with Crippen molar-refractivity contribution in [3.63, 3.8) is 0 Å². The van der Waals surface area contributed by atoms with Gasteiger partial charge in [-0.05, 0) is 38.0 Å². The van der Waals surface area contributed by atoms with Crippen molar-refractivity contribution in [1.29, 1.82) is 0 Å². The molecule has 8 heteroatoms. The Bertz CT molecular complexity index is 746. The van der Waals surface area contributed by atoms with Crippen molar-refractivity contribution in [2.75, 3.05) is 27.2 Å². The lowest BCUT2D eigenvalue weighted by atomic mass is 10.1. The number of hydrogen-bond acceptors (Lipinski definition) is 4. The predicted octanol–water partition coefficient (Wildman–Crippen LogP) is 1.07. The fraction of sp³-hybridized carbons (Fsp3) is 0.529. The molecule has 2 rings (SSSR count). The number of amides is 2. The number of nitrogens with zero attached hydrogens (tertiary/aromatic N) is 2. The first-order valence-corrected chi connectivity index (χ1v) is 9.77. The van der Waals surface area contributed by atoms with Crippen LogP contribution in [0.5, 0.6) is 0 Å². The van der Waals surface area contributed by atoms with Crippen LogP contribution in [0.2, 0.25) is 0 Å². The Hall–Kier alpha value is -1.93. The molecule has 1 aliphatic heterocycles. The molecule has 2 amide bonds. The second kappa shape index (κ2) is 7.97. The maximum atomic E-state index is 12.9. The zero-order chi connectivity index (χ0) is 18.6. The van der Waals surface area contributed by atoms with Crippen molar-refractivity contribution in [3.05, 3.63) is 29.8 Å². The summed E-state index contributed by atoms with van der Waals surface area (Å²) in [5.74, 6) is -0.710. The Kier molecular flexibility index (Phi) is 6.18. The third-order valence-electron chi connectivity index (χ3n) is 4.34. The summed E-state index contributed by atoms with van der Waals surface area (Å²) in [7, 11) is -0.436. The summed E-state index contributed by atoms with van der Waals surface area (Å²) >= 11 is 0. The average Bonchev–Trinajstić information content (AvgIpc) is 2.59. The highest BCUT2D eigenvalue weighted by Crippen LogP contribution is 2.25. The molecule has 1 fully saturated rings. The molecule has 138 valence electrons. The summed E-state index contributed by atoms with van der Waals surface area (Å²) in [4.78, 5) is 25.2. The fourth-order valence-electron chi connectivity index (χ4n) is 2.78. The van der Waals surface area contributed by atoms with E-state index in [1.807, 2.05) is 6.92 Å². The minimum absolute atomic E-state index is 0.0473. The highest BCUT2D eigenvalue weighted by Gasteiger charge is 2.31. The van der Waals surface area contributed by atoms with Gasteiger partial charge in [-0.3, -0.25) is 9.59 Å². The second-order valence-corrected chi connectivity index (χ2v) is 8.35. The smallest absolute Gasteiger partial charge is 0.251 e. The Balaban J connectivity index is 2.17. The Morgan fingerprint density at radius 2 is 2.00 bits per heavy atom. The van der Waals surface area contributed by atoms with Gasteiger partial charge in [-0.2, -0.15) is 4.31 Å². The number of carbonyl (C=O) groups excluding carboxylic acids is 2. The molecule has 25 heavy (non-hydrogen) atoms. The molecule has 1 aromatic carbocycles.